The Bertz CT molecular complexity index is 996. The predicted octanol–water partition coefficient (Wildman–Crippen LogP) is 2.14. The van der Waals surface area contributed by atoms with Gasteiger partial charge in [0.05, 0.1) is 12.7 Å². The van der Waals surface area contributed by atoms with Gasteiger partial charge in [0.2, 0.25) is 5.91 Å². The molecule has 1 fully saturated rings. The molecule has 3 heterocycles. The van der Waals surface area contributed by atoms with Crippen molar-refractivity contribution in [2.24, 2.45) is 0 Å². The SMILES string of the molecule is CC(=O)Nc1ncc(S(=O)(=O)N2CCCC(Oc3nccc(C(F)(F)F)n3)C2)s1. The highest BCUT2D eigenvalue weighted by Gasteiger charge is 2.35. The van der Waals surface area contributed by atoms with E-state index in [0.29, 0.717) is 12.8 Å². The molecule has 3 rings (SSSR count). The monoisotopic (exact) mass is 451 g/mol. The average molecular weight is 451 g/mol. The molecule has 1 N–H and O–H groups in total. The van der Waals surface area contributed by atoms with Crippen LogP contribution < -0.4 is 10.1 Å². The van der Waals surface area contributed by atoms with Gasteiger partial charge in [-0.25, -0.2) is 18.4 Å². The topological polar surface area (TPSA) is 114 Å². The van der Waals surface area contributed by atoms with E-state index in [2.05, 4.69) is 20.3 Å². The van der Waals surface area contributed by atoms with Gasteiger partial charge in [-0.2, -0.15) is 22.5 Å². The first-order chi connectivity index (χ1) is 13.6. The summed E-state index contributed by atoms with van der Waals surface area (Å²) in [5.41, 5.74) is -1.14. The van der Waals surface area contributed by atoms with E-state index in [-0.39, 0.29) is 28.3 Å². The summed E-state index contributed by atoms with van der Waals surface area (Å²) in [6.45, 7) is 1.42. The number of rotatable bonds is 5. The number of thiazole rings is 1. The molecule has 1 amide bonds. The van der Waals surface area contributed by atoms with Gasteiger partial charge in [-0.05, 0) is 18.9 Å². The number of nitrogens with one attached hydrogen (secondary N) is 1. The van der Waals surface area contributed by atoms with Crippen LogP contribution >= 0.6 is 11.3 Å². The average Bonchev–Trinajstić information content (AvgIpc) is 3.10. The lowest BCUT2D eigenvalue weighted by Crippen LogP contribution is -2.44. The molecule has 0 saturated carbocycles. The van der Waals surface area contributed by atoms with Crippen LogP contribution in [0, 0.1) is 0 Å². The third-order valence-electron chi connectivity index (χ3n) is 3.90. The first kappa shape index (κ1) is 21.4. The fourth-order valence-electron chi connectivity index (χ4n) is 2.64. The summed E-state index contributed by atoms with van der Waals surface area (Å²) in [5, 5.41) is 2.56. The number of carbonyl (C=O) groups excluding carboxylic acids is 1. The third-order valence-corrected chi connectivity index (χ3v) is 7.11. The molecule has 0 aliphatic carbocycles. The first-order valence-corrected chi connectivity index (χ1v) is 10.6. The van der Waals surface area contributed by atoms with Gasteiger partial charge >= 0.3 is 12.2 Å². The Hall–Kier alpha value is -2.32. The number of halogens is 3. The number of carbonyl (C=O) groups is 1. The fraction of sp³-hybridized carbons (Fsp3) is 0.467. The van der Waals surface area contributed by atoms with Crippen LogP contribution in [0.25, 0.3) is 0 Å². The lowest BCUT2D eigenvalue weighted by molar-refractivity contribution is -0.141. The standard InChI is InChI=1S/C15H16F3N5O4S2/c1-9(24)21-14-20-7-12(28-14)29(25,26)23-6-2-3-10(8-23)27-13-19-5-4-11(22-13)15(16,17)18/h4-5,7,10H,2-3,6,8H2,1H3,(H,20,21,24). The van der Waals surface area contributed by atoms with Crippen molar-refractivity contribution in [2.75, 3.05) is 18.4 Å². The lowest BCUT2D eigenvalue weighted by atomic mass is 10.1. The molecule has 1 saturated heterocycles. The second-order valence-electron chi connectivity index (χ2n) is 6.13. The van der Waals surface area contributed by atoms with Gasteiger partial charge in [0.1, 0.15) is 6.10 Å². The van der Waals surface area contributed by atoms with Gasteiger partial charge in [0.15, 0.2) is 15.0 Å². The van der Waals surface area contributed by atoms with E-state index >= 15 is 0 Å². The number of alkyl halides is 3. The molecule has 1 unspecified atom stereocenters. The van der Waals surface area contributed by atoms with Gasteiger partial charge in [0.25, 0.3) is 10.0 Å². The van der Waals surface area contributed by atoms with Crippen LogP contribution in [-0.2, 0) is 21.0 Å². The number of piperidine rings is 1. The van der Waals surface area contributed by atoms with Gasteiger partial charge in [0, 0.05) is 19.7 Å². The smallest absolute Gasteiger partial charge is 0.433 e. The molecule has 2 aromatic rings. The predicted molar refractivity (Wildman–Crippen MR) is 95.9 cm³/mol. The van der Waals surface area contributed by atoms with Crippen LogP contribution in [0.1, 0.15) is 25.5 Å². The highest BCUT2D eigenvalue weighted by molar-refractivity contribution is 7.91. The van der Waals surface area contributed by atoms with E-state index in [1.165, 1.54) is 11.2 Å². The summed E-state index contributed by atoms with van der Waals surface area (Å²) in [5.74, 6) is -0.379. The van der Waals surface area contributed by atoms with E-state index in [1.54, 1.807) is 0 Å². The molecule has 0 spiro atoms. The van der Waals surface area contributed by atoms with Crippen molar-refractivity contribution in [1.82, 2.24) is 19.3 Å². The number of amides is 1. The van der Waals surface area contributed by atoms with Gasteiger partial charge < -0.3 is 10.1 Å². The largest absolute Gasteiger partial charge is 0.459 e. The second-order valence-corrected chi connectivity index (χ2v) is 9.33. The number of hydrogen-bond donors (Lipinski definition) is 1. The van der Waals surface area contributed by atoms with E-state index < -0.39 is 34.0 Å². The maximum atomic E-state index is 12.8. The Labute approximate surface area is 168 Å². The molecule has 29 heavy (non-hydrogen) atoms. The van der Waals surface area contributed by atoms with Crippen LogP contribution in [0.15, 0.2) is 22.7 Å². The molecule has 2 aromatic heterocycles. The molecule has 1 atom stereocenters. The van der Waals surface area contributed by atoms with E-state index in [4.69, 9.17) is 4.74 Å². The molecular formula is C15H16F3N5O4S2. The molecule has 1 aliphatic rings. The normalized spacial score (nSPS) is 18.4. The Kier molecular flexibility index (Phi) is 6.05. The lowest BCUT2D eigenvalue weighted by Gasteiger charge is -2.31. The Morgan fingerprint density at radius 1 is 1.38 bits per heavy atom. The van der Waals surface area contributed by atoms with Crippen LogP contribution in [0.3, 0.4) is 0 Å². The van der Waals surface area contributed by atoms with Crippen molar-refractivity contribution in [1.29, 1.82) is 0 Å². The zero-order valence-corrected chi connectivity index (χ0v) is 16.6. The molecule has 1 aliphatic heterocycles. The highest BCUT2D eigenvalue weighted by Crippen LogP contribution is 2.30. The van der Waals surface area contributed by atoms with Crippen molar-refractivity contribution < 1.29 is 31.1 Å². The van der Waals surface area contributed by atoms with Crippen molar-refractivity contribution in [3.05, 3.63) is 24.2 Å². The number of nitrogens with zero attached hydrogens (tertiary/aromatic N) is 4. The van der Waals surface area contributed by atoms with Gasteiger partial charge in [-0.1, -0.05) is 11.3 Å². The minimum Gasteiger partial charge on any atom is -0.459 e. The molecule has 0 radical (unpaired) electrons. The van der Waals surface area contributed by atoms with Crippen molar-refractivity contribution >= 4 is 32.4 Å². The Morgan fingerprint density at radius 2 is 2.14 bits per heavy atom. The van der Waals surface area contributed by atoms with Crippen molar-refractivity contribution in [2.45, 2.75) is 36.3 Å². The van der Waals surface area contributed by atoms with Crippen LogP contribution in [-0.4, -0.2) is 52.8 Å². The summed E-state index contributed by atoms with van der Waals surface area (Å²) in [7, 11) is -3.90. The van der Waals surface area contributed by atoms with Crippen LogP contribution in [0.5, 0.6) is 6.01 Å². The van der Waals surface area contributed by atoms with Crippen molar-refractivity contribution in [3.8, 4) is 6.01 Å². The quantitative estimate of drug-likeness (QED) is 0.741. The molecule has 0 bridgehead atoms. The van der Waals surface area contributed by atoms with Gasteiger partial charge in [-0.15, -0.1) is 0 Å². The summed E-state index contributed by atoms with van der Waals surface area (Å²) in [6, 6.07) is 0.260. The maximum Gasteiger partial charge on any atom is 0.433 e. The Morgan fingerprint density at radius 3 is 2.83 bits per heavy atom. The summed E-state index contributed by atoms with van der Waals surface area (Å²) in [4.78, 5) is 21.9. The van der Waals surface area contributed by atoms with Crippen LogP contribution in [0.4, 0.5) is 18.3 Å². The summed E-state index contributed by atoms with van der Waals surface area (Å²) in [6.07, 6.45) is -2.38. The number of aromatic nitrogens is 3. The summed E-state index contributed by atoms with van der Waals surface area (Å²) >= 11 is 0.809. The molecule has 0 aromatic carbocycles. The minimum absolute atomic E-state index is 0.0581. The number of sulfonamides is 1. The molecule has 158 valence electrons. The maximum absolute atomic E-state index is 12.8. The van der Waals surface area contributed by atoms with Crippen LogP contribution in [0.2, 0.25) is 0 Å². The number of anilines is 1. The third kappa shape index (κ3) is 5.19. The summed E-state index contributed by atoms with van der Waals surface area (Å²) < 4.78 is 70.5. The Balaban J connectivity index is 1.72. The zero-order valence-electron chi connectivity index (χ0n) is 15.0. The second kappa shape index (κ2) is 8.20. The zero-order chi connectivity index (χ0) is 21.2. The molecule has 14 heteroatoms. The van der Waals surface area contributed by atoms with Crippen molar-refractivity contribution in [3.63, 3.8) is 0 Å². The fourth-order valence-corrected chi connectivity index (χ4v) is 5.38. The van der Waals surface area contributed by atoms with E-state index in [1.807, 2.05) is 0 Å². The molecular weight excluding hydrogens is 435 g/mol. The minimum atomic E-state index is -4.64. The molecule has 9 nitrogen and oxygen atoms in total. The first-order valence-electron chi connectivity index (χ1n) is 8.36. The van der Waals surface area contributed by atoms with E-state index in [0.717, 1.165) is 29.8 Å². The number of hydrogen-bond acceptors (Lipinski definition) is 8. The highest BCUT2D eigenvalue weighted by atomic mass is 32.2. The number of ether oxygens (including phenoxy) is 1. The van der Waals surface area contributed by atoms with E-state index in [9.17, 15) is 26.4 Å². The van der Waals surface area contributed by atoms with Gasteiger partial charge in [-0.3, -0.25) is 4.79 Å².